The van der Waals surface area contributed by atoms with Gasteiger partial charge in [0.15, 0.2) is 0 Å². The zero-order chi connectivity index (χ0) is 3.41. The Morgan fingerprint density at radius 2 is 1.00 bits per heavy atom. The standard InChI is InChI=1S/C4H10.2H2O.Sn/c1-3-4-2;;;/h3-4H2,1-2H3;2*1H2;/q;;;+2/p-2. The summed E-state index contributed by atoms with van der Waals surface area (Å²) in [5.41, 5.74) is 0. The molecule has 0 aliphatic carbocycles. The second kappa shape index (κ2) is 29.7. The minimum atomic E-state index is 0. The first-order valence-corrected chi connectivity index (χ1v) is 1.91. The number of hydrogen-bond acceptors (Lipinski definition) is 2. The quantitative estimate of drug-likeness (QED) is 0.608. The third-order valence-electron chi connectivity index (χ3n) is 0.500. The molecule has 0 aromatic rings. The fourth-order valence-corrected chi connectivity index (χ4v) is 0. The zero-order valence-electron chi connectivity index (χ0n) is 4.81. The van der Waals surface area contributed by atoms with E-state index in [0.717, 1.165) is 0 Å². The molecule has 0 heterocycles. The van der Waals surface area contributed by atoms with Crippen molar-refractivity contribution in [1.29, 1.82) is 0 Å². The first-order chi connectivity index (χ1) is 1.91. The minimum Gasteiger partial charge on any atom is -0.870 e. The van der Waals surface area contributed by atoms with Gasteiger partial charge in [-0.1, -0.05) is 26.7 Å². The minimum absolute atomic E-state index is 0. The first kappa shape index (κ1) is 25.2. The van der Waals surface area contributed by atoms with E-state index < -0.39 is 0 Å². The van der Waals surface area contributed by atoms with Crippen LogP contribution in [-0.2, 0) is 0 Å². The maximum Gasteiger partial charge on any atom is 2.00 e. The molecule has 0 rings (SSSR count). The number of rotatable bonds is 1. The Balaban J connectivity index is -0.0000000150. The van der Waals surface area contributed by atoms with E-state index in [1.54, 1.807) is 0 Å². The predicted octanol–water partition coefficient (Wildman–Crippen LogP) is 1.07. The third kappa shape index (κ3) is 50.6. The van der Waals surface area contributed by atoms with E-state index in [1.807, 2.05) is 0 Å². The third-order valence-corrected chi connectivity index (χ3v) is 0.500. The van der Waals surface area contributed by atoms with Gasteiger partial charge in [0.1, 0.15) is 0 Å². The summed E-state index contributed by atoms with van der Waals surface area (Å²) in [7, 11) is 0. The zero-order valence-corrected chi connectivity index (χ0v) is 7.66. The Labute approximate surface area is 61.9 Å². The van der Waals surface area contributed by atoms with Crippen molar-refractivity contribution in [2.75, 3.05) is 0 Å². The summed E-state index contributed by atoms with van der Waals surface area (Å²) in [5.74, 6) is 0. The van der Waals surface area contributed by atoms with E-state index >= 15 is 0 Å². The summed E-state index contributed by atoms with van der Waals surface area (Å²) in [6.07, 6.45) is 2.64. The van der Waals surface area contributed by atoms with E-state index in [9.17, 15) is 0 Å². The Morgan fingerprint density at radius 1 is 0.857 bits per heavy atom. The molecule has 0 aromatic heterocycles. The SMILES string of the molecule is CCCC.[OH-].[OH-].[Sn+2]. The normalized spacial score (nSPS) is 4.29. The van der Waals surface area contributed by atoms with Crippen molar-refractivity contribution >= 4 is 23.9 Å². The van der Waals surface area contributed by atoms with Crippen LogP contribution < -0.4 is 0 Å². The van der Waals surface area contributed by atoms with Gasteiger partial charge in [0, 0.05) is 0 Å². The molecule has 0 spiro atoms. The average Bonchev–Trinajstić information content (AvgIpc) is 1.37. The fourth-order valence-electron chi connectivity index (χ4n) is 0. The van der Waals surface area contributed by atoms with Crippen molar-refractivity contribution in [3.05, 3.63) is 0 Å². The summed E-state index contributed by atoms with van der Waals surface area (Å²) in [5, 5.41) is 0. The van der Waals surface area contributed by atoms with Gasteiger partial charge in [-0.15, -0.1) is 0 Å². The topological polar surface area (TPSA) is 60.0 Å². The van der Waals surface area contributed by atoms with Gasteiger partial charge < -0.3 is 11.0 Å². The average molecular weight is 211 g/mol. The molecule has 0 amide bonds. The van der Waals surface area contributed by atoms with Crippen molar-refractivity contribution in [3.63, 3.8) is 0 Å². The number of unbranched alkanes of at least 4 members (excludes halogenated alkanes) is 1. The molecule has 0 bridgehead atoms. The summed E-state index contributed by atoms with van der Waals surface area (Å²) in [4.78, 5) is 0. The summed E-state index contributed by atoms with van der Waals surface area (Å²) < 4.78 is 0. The molecule has 0 saturated carbocycles. The van der Waals surface area contributed by atoms with Gasteiger partial charge in [0.2, 0.25) is 0 Å². The van der Waals surface area contributed by atoms with E-state index in [-0.39, 0.29) is 34.9 Å². The molecule has 0 aromatic carbocycles. The molecule has 2 N–H and O–H groups in total. The molecule has 44 valence electrons. The molecule has 2 radical (unpaired) electrons. The van der Waals surface area contributed by atoms with Crippen molar-refractivity contribution in [2.24, 2.45) is 0 Å². The maximum atomic E-state index is 2.18. The van der Waals surface area contributed by atoms with Crippen LogP contribution in [0.1, 0.15) is 26.7 Å². The fraction of sp³-hybridized carbons (Fsp3) is 1.00. The first-order valence-electron chi connectivity index (χ1n) is 1.91. The van der Waals surface area contributed by atoms with Crippen LogP contribution in [0.15, 0.2) is 0 Å². The van der Waals surface area contributed by atoms with E-state index in [2.05, 4.69) is 13.8 Å². The molecular formula is C4H12O2Sn. The van der Waals surface area contributed by atoms with Crippen molar-refractivity contribution in [2.45, 2.75) is 26.7 Å². The largest absolute Gasteiger partial charge is 2.00 e. The molecule has 0 aliphatic heterocycles. The van der Waals surface area contributed by atoms with Crippen LogP contribution in [0.3, 0.4) is 0 Å². The van der Waals surface area contributed by atoms with E-state index in [4.69, 9.17) is 0 Å². The molecule has 0 saturated heterocycles. The predicted molar refractivity (Wildman–Crippen MR) is 30.2 cm³/mol. The van der Waals surface area contributed by atoms with Gasteiger partial charge in [-0.25, -0.2) is 0 Å². The van der Waals surface area contributed by atoms with Crippen LogP contribution in [-0.4, -0.2) is 34.9 Å². The smallest absolute Gasteiger partial charge is 0.870 e. The van der Waals surface area contributed by atoms with Crippen molar-refractivity contribution in [3.8, 4) is 0 Å². The van der Waals surface area contributed by atoms with Crippen LogP contribution >= 0.6 is 0 Å². The summed E-state index contributed by atoms with van der Waals surface area (Å²) >= 11 is 0. The van der Waals surface area contributed by atoms with Crippen LogP contribution in [0.4, 0.5) is 0 Å². The van der Waals surface area contributed by atoms with Crippen LogP contribution in [0, 0.1) is 0 Å². The van der Waals surface area contributed by atoms with Gasteiger partial charge >= 0.3 is 23.9 Å². The Kier molecular flexibility index (Phi) is 107. The molecule has 0 fully saturated rings. The molecule has 7 heavy (non-hydrogen) atoms. The summed E-state index contributed by atoms with van der Waals surface area (Å²) in [6, 6.07) is 0. The van der Waals surface area contributed by atoms with Crippen LogP contribution in [0.5, 0.6) is 0 Å². The number of hydrogen-bond donors (Lipinski definition) is 0. The monoisotopic (exact) mass is 212 g/mol. The van der Waals surface area contributed by atoms with Crippen molar-refractivity contribution < 1.29 is 11.0 Å². The van der Waals surface area contributed by atoms with Gasteiger partial charge in [0.05, 0.1) is 0 Å². The second-order valence-electron chi connectivity index (χ2n) is 1.000. The molecule has 0 aliphatic rings. The Morgan fingerprint density at radius 3 is 1.00 bits per heavy atom. The molecule has 0 atom stereocenters. The van der Waals surface area contributed by atoms with Gasteiger partial charge in [-0.2, -0.15) is 0 Å². The molecule has 0 unspecified atom stereocenters. The Bertz CT molecular complexity index is 11.7. The molecule has 2 nitrogen and oxygen atoms in total. The second-order valence-corrected chi connectivity index (χ2v) is 1.000. The van der Waals surface area contributed by atoms with E-state index in [0.29, 0.717) is 0 Å². The van der Waals surface area contributed by atoms with Crippen LogP contribution in [0.2, 0.25) is 0 Å². The van der Waals surface area contributed by atoms with Gasteiger partial charge in [-0.3, -0.25) is 0 Å². The summed E-state index contributed by atoms with van der Waals surface area (Å²) in [6.45, 7) is 4.36. The van der Waals surface area contributed by atoms with Gasteiger partial charge in [0.25, 0.3) is 0 Å². The van der Waals surface area contributed by atoms with Crippen molar-refractivity contribution in [1.82, 2.24) is 0 Å². The van der Waals surface area contributed by atoms with Crippen LogP contribution in [0.25, 0.3) is 0 Å². The Hall–Kier alpha value is 0.719. The molecule has 3 heteroatoms. The van der Waals surface area contributed by atoms with E-state index in [1.165, 1.54) is 12.8 Å². The molecular weight excluding hydrogens is 199 g/mol. The maximum absolute atomic E-state index is 2.18. The van der Waals surface area contributed by atoms with Gasteiger partial charge in [-0.05, 0) is 0 Å².